The summed E-state index contributed by atoms with van der Waals surface area (Å²) in [5.41, 5.74) is 1.08. The van der Waals surface area contributed by atoms with Crippen molar-refractivity contribution in [3.05, 3.63) is 47.5 Å². The molecule has 2 rings (SSSR count). The third-order valence-electron chi connectivity index (χ3n) is 3.18. The first kappa shape index (κ1) is 16.2. The highest BCUT2D eigenvalue weighted by Crippen LogP contribution is 2.15. The van der Waals surface area contributed by atoms with Crippen molar-refractivity contribution in [3.8, 4) is 5.88 Å². The number of anilines is 1. The molecule has 0 atom stereocenters. The van der Waals surface area contributed by atoms with E-state index in [2.05, 4.69) is 29.1 Å². The van der Waals surface area contributed by atoms with Gasteiger partial charge in [0.2, 0.25) is 5.88 Å². The Labute approximate surface area is 130 Å². The van der Waals surface area contributed by atoms with E-state index in [1.54, 1.807) is 25.3 Å². The van der Waals surface area contributed by atoms with Gasteiger partial charge in [-0.3, -0.25) is 0 Å². The predicted molar refractivity (Wildman–Crippen MR) is 85.7 cm³/mol. The average Bonchev–Trinajstić information content (AvgIpc) is 2.48. The Hall–Kier alpha value is -2.17. The lowest BCUT2D eigenvalue weighted by Gasteiger charge is -2.10. The normalized spacial score (nSPS) is 10.8. The molecule has 1 N–H and O–H groups in total. The number of ether oxygens (including phenoxy) is 1. The van der Waals surface area contributed by atoms with E-state index in [0.717, 1.165) is 30.0 Å². The molecule has 0 aliphatic carbocycles. The van der Waals surface area contributed by atoms with Crippen LogP contribution in [0.3, 0.4) is 0 Å². The largest absolute Gasteiger partial charge is 0.481 e. The van der Waals surface area contributed by atoms with Gasteiger partial charge in [-0.2, -0.15) is 4.98 Å². The van der Waals surface area contributed by atoms with Gasteiger partial charge >= 0.3 is 0 Å². The third kappa shape index (κ3) is 4.98. The van der Waals surface area contributed by atoms with E-state index in [9.17, 15) is 4.39 Å². The molecule has 0 bridgehead atoms. The van der Waals surface area contributed by atoms with Crippen molar-refractivity contribution in [2.24, 2.45) is 5.92 Å². The number of aromatic nitrogens is 2. The molecule has 1 aromatic carbocycles. The number of hydrogen-bond donors (Lipinski definition) is 1. The number of rotatable bonds is 7. The smallest absolute Gasteiger partial charge is 0.218 e. The van der Waals surface area contributed by atoms with Crippen molar-refractivity contribution in [1.29, 1.82) is 0 Å². The van der Waals surface area contributed by atoms with Gasteiger partial charge in [-0.05, 0) is 30.0 Å². The summed E-state index contributed by atoms with van der Waals surface area (Å²) in [5, 5.41) is 3.27. The maximum atomic E-state index is 12.9. The number of nitrogens with one attached hydrogen (secondary N) is 1. The van der Waals surface area contributed by atoms with Crippen LogP contribution in [0.5, 0.6) is 5.88 Å². The quantitative estimate of drug-likeness (QED) is 0.850. The Bertz CT molecular complexity index is 599. The summed E-state index contributed by atoms with van der Waals surface area (Å²) in [7, 11) is 1.60. The van der Waals surface area contributed by atoms with Crippen LogP contribution in [0, 0.1) is 11.7 Å². The molecule has 4 nitrogen and oxygen atoms in total. The van der Waals surface area contributed by atoms with E-state index < -0.39 is 0 Å². The van der Waals surface area contributed by atoms with Crippen LogP contribution in [0.1, 0.15) is 25.2 Å². The second-order valence-corrected chi connectivity index (χ2v) is 5.61. The number of benzene rings is 1. The average molecular weight is 303 g/mol. The zero-order valence-electron chi connectivity index (χ0n) is 13.3. The summed E-state index contributed by atoms with van der Waals surface area (Å²) in [5.74, 6) is 2.37. The van der Waals surface area contributed by atoms with Crippen molar-refractivity contribution in [2.75, 3.05) is 19.0 Å². The van der Waals surface area contributed by atoms with Crippen LogP contribution < -0.4 is 10.1 Å². The minimum Gasteiger partial charge on any atom is -0.481 e. The summed E-state index contributed by atoms with van der Waals surface area (Å²) in [6, 6.07) is 8.33. The molecule has 0 amide bonds. The molecular weight excluding hydrogens is 281 g/mol. The molecule has 5 heteroatoms. The van der Waals surface area contributed by atoms with Crippen molar-refractivity contribution in [1.82, 2.24) is 9.97 Å². The number of nitrogens with zero attached hydrogens (tertiary/aromatic N) is 2. The van der Waals surface area contributed by atoms with Gasteiger partial charge in [-0.1, -0.05) is 26.0 Å². The lowest BCUT2D eigenvalue weighted by atomic mass is 10.1. The molecule has 0 fully saturated rings. The molecule has 1 heterocycles. The van der Waals surface area contributed by atoms with Crippen LogP contribution in [0.15, 0.2) is 30.3 Å². The van der Waals surface area contributed by atoms with Gasteiger partial charge in [-0.25, -0.2) is 9.37 Å². The van der Waals surface area contributed by atoms with Crippen LogP contribution in [0.2, 0.25) is 0 Å². The topological polar surface area (TPSA) is 47.0 Å². The number of halogens is 1. The zero-order chi connectivity index (χ0) is 15.9. The molecule has 0 radical (unpaired) electrons. The van der Waals surface area contributed by atoms with Crippen molar-refractivity contribution < 1.29 is 9.13 Å². The fourth-order valence-corrected chi connectivity index (χ4v) is 2.11. The standard InChI is InChI=1S/C17H22FN3O/c1-12(2)10-16-20-15(11-17(21-16)22-3)19-9-8-13-4-6-14(18)7-5-13/h4-7,11-12H,8-10H2,1-3H3,(H,19,20,21). The Balaban J connectivity index is 1.97. The highest BCUT2D eigenvalue weighted by atomic mass is 19.1. The fraction of sp³-hybridized carbons (Fsp3) is 0.412. The van der Waals surface area contributed by atoms with E-state index in [1.807, 2.05) is 0 Å². The molecule has 0 saturated heterocycles. The predicted octanol–water partition coefficient (Wildman–Crippen LogP) is 3.48. The van der Waals surface area contributed by atoms with Crippen LogP contribution in [0.4, 0.5) is 10.2 Å². The summed E-state index contributed by atoms with van der Waals surface area (Å²) < 4.78 is 18.1. The summed E-state index contributed by atoms with van der Waals surface area (Å²) in [6.45, 7) is 4.97. The van der Waals surface area contributed by atoms with E-state index in [1.165, 1.54) is 12.1 Å². The summed E-state index contributed by atoms with van der Waals surface area (Å²) in [6.07, 6.45) is 1.61. The van der Waals surface area contributed by atoms with E-state index in [-0.39, 0.29) is 5.82 Å². The third-order valence-corrected chi connectivity index (χ3v) is 3.18. The lowest BCUT2D eigenvalue weighted by molar-refractivity contribution is 0.394. The Morgan fingerprint density at radius 1 is 1.18 bits per heavy atom. The molecule has 0 aliphatic rings. The van der Waals surface area contributed by atoms with Gasteiger partial charge in [0, 0.05) is 19.0 Å². The molecule has 1 aromatic heterocycles. The molecule has 2 aromatic rings. The Morgan fingerprint density at radius 2 is 1.91 bits per heavy atom. The first-order chi connectivity index (χ1) is 10.6. The Morgan fingerprint density at radius 3 is 2.55 bits per heavy atom. The van der Waals surface area contributed by atoms with Crippen molar-refractivity contribution in [3.63, 3.8) is 0 Å². The van der Waals surface area contributed by atoms with Gasteiger partial charge in [-0.15, -0.1) is 0 Å². The minimum absolute atomic E-state index is 0.212. The highest BCUT2D eigenvalue weighted by molar-refractivity contribution is 5.38. The van der Waals surface area contributed by atoms with E-state index in [0.29, 0.717) is 18.3 Å². The fourth-order valence-electron chi connectivity index (χ4n) is 2.11. The molecular formula is C17H22FN3O. The number of methoxy groups -OCH3 is 1. The van der Waals surface area contributed by atoms with Crippen LogP contribution >= 0.6 is 0 Å². The first-order valence-electron chi connectivity index (χ1n) is 7.47. The lowest BCUT2D eigenvalue weighted by Crippen LogP contribution is -2.10. The van der Waals surface area contributed by atoms with Crippen molar-refractivity contribution in [2.45, 2.75) is 26.7 Å². The summed E-state index contributed by atoms with van der Waals surface area (Å²) in [4.78, 5) is 8.86. The SMILES string of the molecule is COc1cc(NCCc2ccc(F)cc2)nc(CC(C)C)n1. The van der Waals surface area contributed by atoms with Crippen LogP contribution in [0.25, 0.3) is 0 Å². The van der Waals surface area contributed by atoms with Gasteiger partial charge < -0.3 is 10.1 Å². The molecule has 0 unspecified atom stereocenters. The second-order valence-electron chi connectivity index (χ2n) is 5.61. The van der Waals surface area contributed by atoms with E-state index in [4.69, 9.17) is 4.74 Å². The monoisotopic (exact) mass is 303 g/mol. The van der Waals surface area contributed by atoms with Gasteiger partial charge in [0.05, 0.1) is 7.11 Å². The maximum absolute atomic E-state index is 12.9. The van der Waals surface area contributed by atoms with Gasteiger partial charge in [0.15, 0.2) is 0 Å². The molecule has 22 heavy (non-hydrogen) atoms. The van der Waals surface area contributed by atoms with E-state index >= 15 is 0 Å². The molecule has 0 spiro atoms. The molecule has 0 saturated carbocycles. The van der Waals surface area contributed by atoms with Crippen LogP contribution in [-0.2, 0) is 12.8 Å². The van der Waals surface area contributed by atoms with Gasteiger partial charge in [0.1, 0.15) is 17.5 Å². The van der Waals surface area contributed by atoms with Gasteiger partial charge in [0.25, 0.3) is 0 Å². The maximum Gasteiger partial charge on any atom is 0.218 e. The molecule has 0 aliphatic heterocycles. The van der Waals surface area contributed by atoms with Crippen LogP contribution in [-0.4, -0.2) is 23.6 Å². The first-order valence-corrected chi connectivity index (χ1v) is 7.47. The molecule has 118 valence electrons. The zero-order valence-corrected chi connectivity index (χ0v) is 13.3. The van der Waals surface area contributed by atoms with Crippen molar-refractivity contribution >= 4 is 5.82 Å². The summed E-state index contributed by atoms with van der Waals surface area (Å²) >= 11 is 0. The minimum atomic E-state index is -0.212. The highest BCUT2D eigenvalue weighted by Gasteiger charge is 2.07. The number of hydrogen-bond acceptors (Lipinski definition) is 4. The second kappa shape index (κ2) is 7.73. The Kier molecular flexibility index (Phi) is 5.69.